The van der Waals surface area contributed by atoms with Crippen LogP contribution < -0.4 is 0 Å². The SMILES string of the molecule is CCCC(CC(C)(C)O[SiH3])SC#N. The lowest BCUT2D eigenvalue weighted by Crippen LogP contribution is -2.27. The fourth-order valence-corrected chi connectivity index (χ4v) is 2.38. The van der Waals surface area contributed by atoms with E-state index < -0.39 is 0 Å². The fourth-order valence-electron chi connectivity index (χ4n) is 1.23. The summed E-state index contributed by atoms with van der Waals surface area (Å²) in [4.78, 5) is 0. The normalized spacial score (nSPS) is 14.0. The Bertz CT molecular complexity index is 179. The van der Waals surface area contributed by atoms with Crippen molar-refractivity contribution in [2.24, 2.45) is 0 Å². The minimum absolute atomic E-state index is 0.0457. The number of thioether (sulfide) groups is 1. The van der Waals surface area contributed by atoms with Crippen molar-refractivity contribution in [2.45, 2.75) is 50.9 Å². The third kappa shape index (κ3) is 6.14. The number of nitrogens with zero attached hydrogens (tertiary/aromatic N) is 1. The summed E-state index contributed by atoms with van der Waals surface area (Å²) in [5, 5.41) is 11.2. The van der Waals surface area contributed by atoms with E-state index in [0.717, 1.165) is 29.7 Å². The largest absolute Gasteiger partial charge is 0.423 e. The zero-order valence-electron chi connectivity index (χ0n) is 8.96. The molecule has 0 N–H and O–H groups in total. The van der Waals surface area contributed by atoms with Crippen molar-refractivity contribution in [3.63, 3.8) is 0 Å². The molecule has 76 valence electrons. The predicted octanol–water partition coefficient (Wildman–Crippen LogP) is 1.84. The zero-order valence-corrected chi connectivity index (χ0v) is 11.8. The summed E-state index contributed by atoms with van der Waals surface area (Å²) in [5.41, 5.74) is -0.0457. The molecular weight excluding hydrogens is 198 g/mol. The highest BCUT2D eigenvalue weighted by molar-refractivity contribution is 8.04. The Labute approximate surface area is 88.6 Å². The van der Waals surface area contributed by atoms with Gasteiger partial charge < -0.3 is 4.43 Å². The van der Waals surface area contributed by atoms with E-state index in [2.05, 4.69) is 26.2 Å². The van der Waals surface area contributed by atoms with E-state index in [1.807, 2.05) is 0 Å². The molecule has 0 heterocycles. The number of hydrogen-bond acceptors (Lipinski definition) is 3. The van der Waals surface area contributed by atoms with Crippen LogP contribution >= 0.6 is 11.8 Å². The first-order chi connectivity index (χ1) is 6.05. The molecule has 0 amide bonds. The molecule has 0 fully saturated rings. The van der Waals surface area contributed by atoms with Crippen LogP contribution in [0.5, 0.6) is 0 Å². The molecule has 0 aliphatic heterocycles. The molecule has 0 aromatic heterocycles. The van der Waals surface area contributed by atoms with E-state index in [1.165, 1.54) is 11.8 Å². The molecule has 0 radical (unpaired) electrons. The summed E-state index contributed by atoms with van der Waals surface area (Å²) in [6, 6.07) is 0. The van der Waals surface area contributed by atoms with Crippen LogP contribution in [0, 0.1) is 10.7 Å². The molecule has 1 atom stereocenters. The van der Waals surface area contributed by atoms with Crippen molar-refractivity contribution in [1.29, 1.82) is 5.26 Å². The van der Waals surface area contributed by atoms with Gasteiger partial charge in [0, 0.05) is 5.25 Å². The maximum absolute atomic E-state index is 8.61. The summed E-state index contributed by atoms with van der Waals surface area (Å²) in [7, 11) is 0.769. The summed E-state index contributed by atoms with van der Waals surface area (Å²) in [6.45, 7) is 6.35. The highest BCUT2D eigenvalue weighted by Gasteiger charge is 2.22. The van der Waals surface area contributed by atoms with Crippen molar-refractivity contribution < 1.29 is 4.43 Å². The van der Waals surface area contributed by atoms with Crippen LogP contribution in [0.1, 0.15) is 40.0 Å². The molecule has 0 aliphatic rings. The van der Waals surface area contributed by atoms with E-state index in [-0.39, 0.29) is 5.60 Å². The lowest BCUT2D eigenvalue weighted by atomic mass is 10.0. The van der Waals surface area contributed by atoms with Gasteiger partial charge in [-0.15, -0.1) is 0 Å². The standard InChI is InChI=1S/C9H19NOSSi/c1-4-5-8(12-7-10)6-9(2,3)11-13/h8H,4-6H2,1-3,13H3. The quantitative estimate of drug-likeness (QED) is 0.503. The lowest BCUT2D eigenvalue weighted by molar-refractivity contribution is 0.111. The first kappa shape index (κ1) is 13.0. The van der Waals surface area contributed by atoms with Crippen LogP contribution in [0.15, 0.2) is 0 Å². The average molecular weight is 217 g/mol. The molecule has 0 saturated heterocycles. The molecule has 0 spiro atoms. The Kier molecular flexibility index (Phi) is 6.48. The Morgan fingerprint density at radius 2 is 2.23 bits per heavy atom. The van der Waals surface area contributed by atoms with Gasteiger partial charge in [0.05, 0.1) is 5.60 Å². The van der Waals surface area contributed by atoms with Gasteiger partial charge in [0.2, 0.25) is 0 Å². The van der Waals surface area contributed by atoms with Crippen molar-refractivity contribution >= 4 is 22.2 Å². The molecule has 2 nitrogen and oxygen atoms in total. The van der Waals surface area contributed by atoms with Crippen molar-refractivity contribution in [2.75, 3.05) is 0 Å². The van der Waals surface area contributed by atoms with Gasteiger partial charge in [0.1, 0.15) is 15.9 Å². The Morgan fingerprint density at radius 1 is 1.62 bits per heavy atom. The van der Waals surface area contributed by atoms with Crippen molar-refractivity contribution in [3.05, 3.63) is 0 Å². The van der Waals surface area contributed by atoms with Crippen LogP contribution in [-0.4, -0.2) is 21.3 Å². The minimum atomic E-state index is -0.0457. The van der Waals surface area contributed by atoms with Crippen molar-refractivity contribution in [3.8, 4) is 5.40 Å². The fraction of sp³-hybridized carbons (Fsp3) is 0.889. The summed E-state index contributed by atoms with van der Waals surface area (Å²) in [5.74, 6) is 0. The molecule has 4 heteroatoms. The van der Waals surface area contributed by atoms with E-state index in [0.29, 0.717) is 5.25 Å². The van der Waals surface area contributed by atoms with E-state index >= 15 is 0 Å². The van der Waals surface area contributed by atoms with E-state index in [4.69, 9.17) is 9.69 Å². The highest BCUT2D eigenvalue weighted by Crippen LogP contribution is 2.26. The van der Waals surface area contributed by atoms with Gasteiger partial charge in [-0.2, -0.15) is 5.26 Å². The molecule has 0 rings (SSSR count). The molecule has 0 aromatic carbocycles. The molecule has 0 aliphatic carbocycles. The highest BCUT2D eigenvalue weighted by atomic mass is 32.2. The van der Waals surface area contributed by atoms with Crippen LogP contribution in [-0.2, 0) is 4.43 Å². The maximum atomic E-state index is 8.61. The molecule has 1 unspecified atom stereocenters. The monoisotopic (exact) mass is 217 g/mol. The van der Waals surface area contributed by atoms with E-state index in [9.17, 15) is 0 Å². The maximum Gasteiger partial charge on any atom is 0.146 e. The predicted molar refractivity (Wildman–Crippen MR) is 61.6 cm³/mol. The minimum Gasteiger partial charge on any atom is -0.423 e. The average Bonchev–Trinajstić information content (AvgIpc) is 2.05. The number of nitriles is 1. The van der Waals surface area contributed by atoms with Gasteiger partial charge in [0.15, 0.2) is 0 Å². The third-order valence-corrected chi connectivity index (χ3v) is 4.05. The zero-order chi connectivity index (χ0) is 10.3. The third-order valence-electron chi connectivity index (χ3n) is 2.10. The van der Waals surface area contributed by atoms with Gasteiger partial charge >= 0.3 is 0 Å². The van der Waals surface area contributed by atoms with Gasteiger partial charge in [-0.3, -0.25) is 0 Å². The van der Waals surface area contributed by atoms with Crippen LogP contribution in [0.4, 0.5) is 0 Å². The van der Waals surface area contributed by atoms with Gasteiger partial charge in [-0.05, 0) is 38.5 Å². The molecule has 0 aromatic rings. The number of rotatable bonds is 6. The Hall–Kier alpha value is 0.0169. The van der Waals surface area contributed by atoms with E-state index in [1.54, 1.807) is 0 Å². The summed E-state index contributed by atoms with van der Waals surface area (Å²) < 4.78 is 5.48. The molecule has 13 heavy (non-hydrogen) atoms. The van der Waals surface area contributed by atoms with Gasteiger partial charge in [0.25, 0.3) is 0 Å². The van der Waals surface area contributed by atoms with Gasteiger partial charge in [-0.25, -0.2) is 0 Å². The van der Waals surface area contributed by atoms with Crippen LogP contribution in [0.25, 0.3) is 0 Å². The second kappa shape index (κ2) is 6.47. The molecule has 0 bridgehead atoms. The lowest BCUT2D eigenvalue weighted by Gasteiger charge is -2.27. The Morgan fingerprint density at radius 3 is 2.62 bits per heavy atom. The summed E-state index contributed by atoms with van der Waals surface area (Å²) >= 11 is 1.38. The second-order valence-corrected chi connectivity index (χ2v) is 5.28. The topological polar surface area (TPSA) is 33.0 Å². The van der Waals surface area contributed by atoms with Gasteiger partial charge in [-0.1, -0.05) is 13.3 Å². The number of hydrogen-bond donors (Lipinski definition) is 0. The smallest absolute Gasteiger partial charge is 0.146 e. The van der Waals surface area contributed by atoms with Crippen LogP contribution in [0.3, 0.4) is 0 Å². The first-order valence-electron chi connectivity index (χ1n) is 4.65. The summed E-state index contributed by atoms with van der Waals surface area (Å²) in [6.07, 6.45) is 3.21. The molecular formula is C9H19NOSSi. The van der Waals surface area contributed by atoms with Crippen LogP contribution in [0.2, 0.25) is 0 Å². The molecule has 0 saturated carbocycles. The second-order valence-electron chi connectivity index (χ2n) is 3.79. The van der Waals surface area contributed by atoms with Crippen molar-refractivity contribution in [1.82, 2.24) is 0 Å². The Balaban J connectivity index is 4.01. The number of thiocyanates is 1. The first-order valence-corrected chi connectivity index (χ1v) is 6.35.